The molecule has 0 aromatic carbocycles. The van der Waals surface area contributed by atoms with Crippen molar-refractivity contribution in [1.29, 1.82) is 0 Å². The predicted molar refractivity (Wildman–Crippen MR) is 80.6 cm³/mol. The Labute approximate surface area is 122 Å². The molecule has 0 fully saturated rings. The van der Waals surface area contributed by atoms with E-state index in [-0.39, 0.29) is 5.60 Å². The summed E-state index contributed by atoms with van der Waals surface area (Å²) in [4.78, 5) is 0. The van der Waals surface area contributed by atoms with Crippen molar-refractivity contribution >= 4 is 0 Å². The van der Waals surface area contributed by atoms with E-state index in [2.05, 4.69) is 33.0 Å². The first-order valence-corrected chi connectivity index (χ1v) is 7.33. The van der Waals surface area contributed by atoms with Crippen molar-refractivity contribution in [2.45, 2.75) is 52.9 Å². The van der Waals surface area contributed by atoms with Crippen LogP contribution in [0.1, 0.15) is 45.4 Å². The fourth-order valence-corrected chi connectivity index (χ4v) is 1.73. The predicted octanol–water partition coefficient (Wildman–Crippen LogP) is 3.36. The first-order chi connectivity index (χ1) is 9.44. The maximum Gasteiger partial charge on any atom is 0.133 e. The van der Waals surface area contributed by atoms with Gasteiger partial charge in [0.05, 0.1) is 11.9 Å². The standard InChI is InChI=1S/C16H29NO3/c1-13(2)10-17-11-14-6-8-20-15(14)12-19-9-7-16(3,4)18-5/h6,8,13,17H,7,9-12H2,1-5H3. The third kappa shape index (κ3) is 6.55. The van der Waals surface area contributed by atoms with Gasteiger partial charge >= 0.3 is 0 Å². The van der Waals surface area contributed by atoms with Crippen molar-refractivity contribution in [2.24, 2.45) is 5.92 Å². The SMILES string of the molecule is COC(C)(C)CCOCc1occc1CNCC(C)C. The molecule has 0 unspecified atom stereocenters. The quantitative estimate of drug-likeness (QED) is 0.669. The number of ether oxygens (including phenoxy) is 2. The molecular weight excluding hydrogens is 254 g/mol. The van der Waals surface area contributed by atoms with Crippen molar-refractivity contribution < 1.29 is 13.9 Å². The average molecular weight is 283 g/mol. The number of nitrogens with one attached hydrogen (secondary N) is 1. The van der Waals surface area contributed by atoms with Crippen LogP contribution in [0.2, 0.25) is 0 Å². The van der Waals surface area contributed by atoms with Crippen LogP contribution in [0.5, 0.6) is 0 Å². The van der Waals surface area contributed by atoms with Gasteiger partial charge in [0, 0.05) is 25.8 Å². The average Bonchev–Trinajstić information content (AvgIpc) is 2.82. The maximum atomic E-state index is 5.68. The number of methoxy groups -OCH3 is 1. The lowest BCUT2D eigenvalue weighted by Gasteiger charge is -2.22. The molecule has 0 aliphatic carbocycles. The van der Waals surface area contributed by atoms with E-state index in [1.54, 1.807) is 13.4 Å². The van der Waals surface area contributed by atoms with Gasteiger partial charge in [0.1, 0.15) is 12.4 Å². The number of hydrogen-bond acceptors (Lipinski definition) is 4. The van der Waals surface area contributed by atoms with Crippen LogP contribution in [-0.2, 0) is 22.6 Å². The zero-order valence-electron chi connectivity index (χ0n) is 13.5. The van der Waals surface area contributed by atoms with Crippen molar-refractivity contribution in [3.8, 4) is 0 Å². The molecule has 1 N–H and O–H groups in total. The van der Waals surface area contributed by atoms with E-state index in [4.69, 9.17) is 13.9 Å². The molecule has 0 saturated carbocycles. The highest BCUT2D eigenvalue weighted by Gasteiger charge is 2.16. The molecule has 0 bridgehead atoms. The first kappa shape index (κ1) is 17.2. The summed E-state index contributed by atoms with van der Waals surface area (Å²) in [5, 5.41) is 3.42. The van der Waals surface area contributed by atoms with E-state index in [9.17, 15) is 0 Å². The Morgan fingerprint density at radius 2 is 2.10 bits per heavy atom. The zero-order valence-corrected chi connectivity index (χ0v) is 13.5. The summed E-state index contributed by atoms with van der Waals surface area (Å²) >= 11 is 0. The topological polar surface area (TPSA) is 43.6 Å². The van der Waals surface area contributed by atoms with Crippen molar-refractivity contribution in [3.05, 3.63) is 23.7 Å². The largest absolute Gasteiger partial charge is 0.467 e. The third-order valence-corrected chi connectivity index (χ3v) is 3.34. The Bertz CT molecular complexity index is 372. The van der Waals surface area contributed by atoms with Crippen LogP contribution in [-0.4, -0.2) is 25.9 Å². The van der Waals surface area contributed by atoms with Crippen molar-refractivity contribution in [3.63, 3.8) is 0 Å². The fraction of sp³-hybridized carbons (Fsp3) is 0.750. The minimum absolute atomic E-state index is 0.134. The van der Waals surface area contributed by atoms with Gasteiger partial charge in [0.25, 0.3) is 0 Å². The van der Waals surface area contributed by atoms with Crippen LogP contribution >= 0.6 is 0 Å². The van der Waals surface area contributed by atoms with E-state index in [1.165, 1.54) is 5.56 Å². The Balaban J connectivity index is 2.29. The Hall–Kier alpha value is -0.840. The van der Waals surface area contributed by atoms with Crippen LogP contribution in [0.25, 0.3) is 0 Å². The van der Waals surface area contributed by atoms with Gasteiger partial charge in [0.15, 0.2) is 0 Å². The van der Waals surface area contributed by atoms with Crippen LogP contribution in [0, 0.1) is 5.92 Å². The van der Waals surface area contributed by atoms with E-state index in [0.29, 0.717) is 19.1 Å². The second-order valence-corrected chi connectivity index (χ2v) is 6.16. The number of hydrogen-bond donors (Lipinski definition) is 1. The second-order valence-electron chi connectivity index (χ2n) is 6.16. The first-order valence-electron chi connectivity index (χ1n) is 7.33. The monoisotopic (exact) mass is 283 g/mol. The van der Waals surface area contributed by atoms with Crippen LogP contribution in [0.4, 0.5) is 0 Å². The van der Waals surface area contributed by atoms with Gasteiger partial charge in [-0.2, -0.15) is 0 Å². The van der Waals surface area contributed by atoms with Crippen LogP contribution < -0.4 is 5.32 Å². The van der Waals surface area contributed by atoms with E-state index in [1.807, 2.05) is 6.07 Å². The minimum atomic E-state index is -0.134. The molecule has 1 rings (SSSR count). The molecule has 0 aliphatic rings. The third-order valence-electron chi connectivity index (χ3n) is 3.34. The molecule has 0 aliphatic heterocycles. The highest BCUT2D eigenvalue weighted by Crippen LogP contribution is 2.15. The Kier molecular flexibility index (Phi) is 7.27. The summed E-state index contributed by atoms with van der Waals surface area (Å²) in [5.74, 6) is 1.56. The molecule has 116 valence electrons. The summed E-state index contributed by atoms with van der Waals surface area (Å²) in [7, 11) is 1.73. The second kappa shape index (κ2) is 8.45. The zero-order chi connectivity index (χ0) is 15.0. The lowest BCUT2D eigenvalue weighted by molar-refractivity contribution is -0.0144. The number of furan rings is 1. The summed E-state index contributed by atoms with van der Waals surface area (Å²) in [5.41, 5.74) is 1.04. The van der Waals surface area contributed by atoms with Gasteiger partial charge in [-0.25, -0.2) is 0 Å². The van der Waals surface area contributed by atoms with Gasteiger partial charge in [-0.15, -0.1) is 0 Å². The summed E-state index contributed by atoms with van der Waals surface area (Å²) in [6.45, 7) is 11.5. The van der Waals surface area contributed by atoms with E-state index >= 15 is 0 Å². The fourth-order valence-electron chi connectivity index (χ4n) is 1.73. The van der Waals surface area contributed by atoms with E-state index < -0.39 is 0 Å². The molecule has 1 aromatic rings. The molecule has 4 heteroatoms. The molecular formula is C16H29NO3. The molecule has 4 nitrogen and oxygen atoms in total. The molecule has 0 saturated heterocycles. The highest BCUT2D eigenvalue weighted by molar-refractivity contribution is 5.16. The van der Waals surface area contributed by atoms with Crippen LogP contribution in [0.3, 0.4) is 0 Å². The van der Waals surface area contributed by atoms with Crippen LogP contribution in [0.15, 0.2) is 16.7 Å². The summed E-state index contributed by atoms with van der Waals surface area (Å²) in [6.07, 6.45) is 2.59. The molecule has 0 spiro atoms. The molecule has 0 atom stereocenters. The molecule has 1 aromatic heterocycles. The Morgan fingerprint density at radius 1 is 1.35 bits per heavy atom. The molecule has 0 radical (unpaired) electrons. The lowest BCUT2D eigenvalue weighted by atomic mass is 10.1. The molecule has 20 heavy (non-hydrogen) atoms. The van der Waals surface area contributed by atoms with Gasteiger partial charge in [-0.1, -0.05) is 13.8 Å². The summed E-state index contributed by atoms with van der Waals surface area (Å²) in [6, 6.07) is 2.01. The summed E-state index contributed by atoms with van der Waals surface area (Å²) < 4.78 is 16.5. The minimum Gasteiger partial charge on any atom is -0.467 e. The highest BCUT2D eigenvalue weighted by atomic mass is 16.5. The van der Waals surface area contributed by atoms with Gasteiger partial charge in [-0.05, 0) is 38.8 Å². The Morgan fingerprint density at radius 3 is 2.75 bits per heavy atom. The molecule has 1 heterocycles. The van der Waals surface area contributed by atoms with Gasteiger partial charge in [0.2, 0.25) is 0 Å². The maximum absolute atomic E-state index is 5.68. The number of rotatable bonds is 10. The van der Waals surface area contributed by atoms with E-state index in [0.717, 1.165) is 25.3 Å². The van der Waals surface area contributed by atoms with Gasteiger partial charge < -0.3 is 19.2 Å². The lowest BCUT2D eigenvalue weighted by Crippen LogP contribution is -2.24. The van der Waals surface area contributed by atoms with Crippen molar-refractivity contribution in [2.75, 3.05) is 20.3 Å². The normalized spacial score (nSPS) is 12.3. The van der Waals surface area contributed by atoms with Gasteiger partial charge in [-0.3, -0.25) is 0 Å². The van der Waals surface area contributed by atoms with Crippen molar-refractivity contribution in [1.82, 2.24) is 5.32 Å². The molecule has 0 amide bonds. The smallest absolute Gasteiger partial charge is 0.133 e.